The fraction of sp³-hybridized carbons (Fsp3) is 0.400. The summed E-state index contributed by atoms with van der Waals surface area (Å²) in [5, 5.41) is 0.811. The normalized spacial score (nSPS) is 16.8. The van der Waals surface area contributed by atoms with Gasteiger partial charge in [0.1, 0.15) is 9.53 Å². The highest BCUT2D eigenvalue weighted by molar-refractivity contribution is 7.25. The minimum absolute atomic E-state index is 0.0503. The molecule has 0 saturated heterocycles. The van der Waals surface area contributed by atoms with E-state index in [1.165, 1.54) is 30.6 Å². The van der Waals surface area contributed by atoms with Crippen molar-refractivity contribution in [1.82, 2.24) is 14.5 Å². The topological polar surface area (TPSA) is 73.8 Å². The molecule has 3 aromatic heterocycles. The monoisotopic (exact) mass is 300 g/mol. The van der Waals surface area contributed by atoms with Crippen molar-refractivity contribution in [2.45, 2.75) is 38.1 Å². The van der Waals surface area contributed by atoms with Crippen molar-refractivity contribution >= 4 is 37.5 Å². The smallest absolute Gasteiger partial charge is 0.271 e. The average Bonchev–Trinajstić information content (AvgIpc) is 2.89. The van der Waals surface area contributed by atoms with Crippen LogP contribution in [0.15, 0.2) is 23.4 Å². The molecule has 3 aromatic rings. The van der Waals surface area contributed by atoms with Crippen LogP contribution in [0.5, 0.6) is 0 Å². The summed E-state index contributed by atoms with van der Waals surface area (Å²) in [5.41, 5.74) is 7.39. The van der Waals surface area contributed by atoms with Gasteiger partial charge in [0.15, 0.2) is 0 Å². The zero-order valence-electron chi connectivity index (χ0n) is 11.6. The summed E-state index contributed by atoms with van der Waals surface area (Å²) in [7, 11) is 0. The van der Waals surface area contributed by atoms with Gasteiger partial charge in [-0.05, 0) is 18.9 Å². The summed E-state index contributed by atoms with van der Waals surface area (Å²) in [4.78, 5) is 22.4. The maximum absolute atomic E-state index is 12.8. The Morgan fingerprint density at radius 1 is 1.24 bits per heavy atom. The Morgan fingerprint density at radius 2 is 2.05 bits per heavy atom. The third-order valence-corrected chi connectivity index (χ3v) is 5.38. The van der Waals surface area contributed by atoms with Gasteiger partial charge >= 0.3 is 0 Å². The van der Waals surface area contributed by atoms with E-state index >= 15 is 0 Å². The molecule has 108 valence electrons. The van der Waals surface area contributed by atoms with E-state index in [1.54, 1.807) is 18.6 Å². The van der Waals surface area contributed by atoms with Crippen LogP contribution in [0, 0.1) is 0 Å². The summed E-state index contributed by atoms with van der Waals surface area (Å²) < 4.78 is 2.48. The molecule has 5 nitrogen and oxygen atoms in total. The highest BCUT2D eigenvalue weighted by atomic mass is 32.1. The molecular weight excluding hydrogens is 284 g/mol. The second-order valence-electron chi connectivity index (χ2n) is 5.61. The van der Waals surface area contributed by atoms with Crippen LogP contribution in [0.3, 0.4) is 0 Å². The lowest BCUT2D eigenvalue weighted by atomic mass is 9.95. The van der Waals surface area contributed by atoms with Gasteiger partial charge in [-0.25, -0.2) is 9.97 Å². The lowest BCUT2D eigenvalue weighted by molar-refractivity contribution is 0.345. The maximum atomic E-state index is 12.8. The number of aromatic nitrogens is 3. The second-order valence-corrected chi connectivity index (χ2v) is 6.61. The van der Waals surface area contributed by atoms with E-state index < -0.39 is 0 Å². The number of nitrogens with two attached hydrogens (primary N) is 1. The molecule has 2 N–H and O–H groups in total. The van der Waals surface area contributed by atoms with Crippen LogP contribution in [0.2, 0.25) is 0 Å². The molecule has 0 aromatic carbocycles. The number of hydrogen-bond acceptors (Lipinski definition) is 5. The van der Waals surface area contributed by atoms with Crippen molar-refractivity contribution < 1.29 is 0 Å². The molecule has 0 radical (unpaired) electrons. The SMILES string of the molecule is Nc1ccnc2sc3c(=O)n(C4CCCCC4)cnc3c12. The predicted molar refractivity (Wildman–Crippen MR) is 85.7 cm³/mol. The van der Waals surface area contributed by atoms with E-state index in [-0.39, 0.29) is 5.56 Å². The van der Waals surface area contributed by atoms with E-state index in [4.69, 9.17) is 5.73 Å². The Hall–Kier alpha value is -1.95. The van der Waals surface area contributed by atoms with Crippen LogP contribution in [0.25, 0.3) is 20.4 Å². The maximum Gasteiger partial charge on any atom is 0.271 e. The zero-order valence-corrected chi connectivity index (χ0v) is 12.4. The first-order valence-electron chi connectivity index (χ1n) is 7.29. The first kappa shape index (κ1) is 12.8. The minimum Gasteiger partial charge on any atom is -0.398 e. The van der Waals surface area contributed by atoms with Gasteiger partial charge in [0.05, 0.1) is 17.2 Å². The molecule has 4 rings (SSSR count). The fourth-order valence-corrected chi connectivity index (χ4v) is 4.28. The van der Waals surface area contributed by atoms with Gasteiger partial charge in [0.25, 0.3) is 5.56 Å². The van der Waals surface area contributed by atoms with Crippen molar-refractivity contribution in [1.29, 1.82) is 0 Å². The molecule has 1 aliphatic rings. The number of fused-ring (bicyclic) bond motifs is 3. The van der Waals surface area contributed by atoms with Crippen LogP contribution >= 0.6 is 11.3 Å². The molecule has 0 unspecified atom stereocenters. The van der Waals surface area contributed by atoms with Crippen molar-refractivity contribution in [2.75, 3.05) is 5.73 Å². The lowest BCUT2D eigenvalue weighted by Crippen LogP contribution is -2.26. The van der Waals surface area contributed by atoms with Crippen molar-refractivity contribution in [3.63, 3.8) is 0 Å². The summed E-state index contributed by atoms with van der Waals surface area (Å²) in [5.74, 6) is 0. The van der Waals surface area contributed by atoms with Crippen LogP contribution in [-0.4, -0.2) is 14.5 Å². The molecule has 0 spiro atoms. The number of rotatable bonds is 1. The number of hydrogen-bond donors (Lipinski definition) is 1. The summed E-state index contributed by atoms with van der Waals surface area (Å²) in [6.07, 6.45) is 9.15. The molecule has 0 amide bonds. The molecule has 1 saturated carbocycles. The van der Waals surface area contributed by atoms with E-state index in [0.717, 1.165) is 23.1 Å². The molecule has 1 aliphatic carbocycles. The molecule has 21 heavy (non-hydrogen) atoms. The summed E-state index contributed by atoms with van der Waals surface area (Å²) in [6, 6.07) is 2.04. The van der Waals surface area contributed by atoms with E-state index in [9.17, 15) is 4.79 Å². The summed E-state index contributed by atoms with van der Waals surface area (Å²) >= 11 is 1.39. The number of thiophene rings is 1. The minimum atomic E-state index is 0.0503. The average molecular weight is 300 g/mol. The molecule has 6 heteroatoms. The Bertz CT molecular complexity index is 876. The first-order valence-corrected chi connectivity index (χ1v) is 8.11. The van der Waals surface area contributed by atoms with E-state index in [2.05, 4.69) is 9.97 Å². The standard InChI is InChI=1S/C15H16N4OS/c16-10-6-7-17-14-11(10)12-13(21-14)15(20)19(8-18-12)9-4-2-1-3-5-9/h6-9H,1-5H2,(H2,16,17). The highest BCUT2D eigenvalue weighted by Crippen LogP contribution is 2.33. The molecule has 3 heterocycles. The second kappa shape index (κ2) is 4.80. The van der Waals surface area contributed by atoms with Crippen molar-refractivity contribution in [3.8, 4) is 0 Å². The quantitative estimate of drug-likeness (QED) is 0.749. The molecule has 0 aliphatic heterocycles. The van der Waals surface area contributed by atoms with Crippen LogP contribution in [0.4, 0.5) is 5.69 Å². The molecule has 0 bridgehead atoms. The van der Waals surface area contributed by atoms with Gasteiger partial charge in [-0.15, -0.1) is 11.3 Å². The van der Waals surface area contributed by atoms with Gasteiger partial charge in [0, 0.05) is 17.9 Å². The number of pyridine rings is 1. The van der Waals surface area contributed by atoms with Crippen LogP contribution in [0.1, 0.15) is 38.1 Å². The third kappa shape index (κ3) is 1.93. The Labute approximate surface area is 125 Å². The summed E-state index contributed by atoms with van der Waals surface area (Å²) in [6.45, 7) is 0. The lowest BCUT2D eigenvalue weighted by Gasteiger charge is -2.23. The largest absolute Gasteiger partial charge is 0.398 e. The Balaban J connectivity index is 1.97. The highest BCUT2D eigenvalue weighted by Gasteiger charge is 2.20. The van der Waals surface area contributed by atoms with Crippen molar-refractivity contribution in [2.24, 2.45) is 0 Å². The fourth-order valence-electron chi connectivity index (χ4n) is 3.21. The molecule has 1 fully saturated rings. The van der Waals surface area contributed by atoms with E-state index in [1.807, 2.05) is 4.57 Å². The number of nitrogens with zero attached hydrogens (tertiary/aromatic N) is 3. The van der Waals surface area contributed by atoms with Crippen LogP contribution in [-0.2, 0) is 0 Å². The van der Waals surface area contributed by atoms with Gasteiger partial charge in [-0.2, -0.15) is 0 Å². The van der Waals surface area contributed by atoms with Gasteiger partial charge in [-0.3, -0.25) is 9.36 Å². The Morgan fingerprint density at radius 3 is 2.86 bits per heavy atom. The Kier molecular flexibility index (Phi) is 2.92. The van der Waals surface area contributed by atoms with Crippen LogP contribution < -0.4 is 11.3 Å². The molecule has 0 atom stereocenters. The van der Waals surface area contributed by atoms with Gasteiger partial charge in [0.2, 0.25) is 0 Å². The third-order valence-electron chi connectivity index (χ3n) is 4.31. The van der Waals surface area contributed by atoms with Gasteiger partial charge < -0.3 is 5.73 Å². The van der Waals surface area contributed by atoms with Crippen molar-refractivity contribution in [3.05, 3.63) is 28.9 Å². The predicted octanol–water partition coefficient (Wildman–Crippen LogP) is 3.09. The van der Waals surface area contributed by atoms with Gasteiger partial charge in [-0.1, -0.05) is 19.3 Å². The number of nitrogen functional groups attached to an aromatic ring is 1. The number of anilines is 1. The molecular formula is C15H16N4OS. The zero-order chi connectivity index (χ0) is 14.4. The van der Waals surface area contributed by atoms with E-state index in [0.29, 0.717) is 21.9 Å². The first-order chi connectivity index (χ1) is 10.3.